The number of ether oxygens (including phenoxy) is 2. The fraction of sp³-hybridized carbons (Fsp3) is 0.833. The third-order valence-electron chi connectivity index (χ3n) is 3.08. The Bertz CT molecular complexity index is 296. The smallest absolute Gasteiger partial charge is 0.329 e. The molecule has 0 aromatic heterocycles. The summed E-state index contributed by atoms with van der Waals surface area (Å²) in [7, 11) is 3.02. The molecule has 1 saturated heterocycles. The summed E-state index contributed by atoms with van der Waals surface area (Å²) in [5.41, 5.74) is 0. The summed E-state index contributed by atoms with van der Waals surface area (Å²) < 4.78 is 9.82. The topological polar surface area (TPSA) is 67.9 Å². The highest BCUT2D eigenvalue weighted by atomic mass is 16.5. The lowest BCUT2D eigenvalue weighted by molar-refractivity contribution is -0.145. The van der Waals surface area contributed by atoms with Gasteiger partial charge in [-0.2, -0.15) is 0 Å². The number of hydrogen-bond donors (Lipinski definition) is 1. The van der Waals surface area contributed by atoms with Gasteiger partial charge in [-0.15, -0.1) is 0 Å². The minimum Gasteiger partial charge on any atom is -0.467 e. The number of esters is 1. The molecule has 0 spiro atoms. The standard InChI is InChI=1S/C12H22N2O4/c1-9(15)13-11(12(16)18-3)7-14-5-4-10(6-14)8-17-2/h10-11H,4-8H2,1-3H3,(H,13,15). The summed E-state index contributed by atoms with van der Waals surface area (Å²) in [5, 5.41) is 2.62. The van der Waals surface area contributed by atoms with Crippen molar-refractivity contribution in [1.82, 2.24) is 10.2 Å². The van der Waals surface area contributed by atoms with Crippen LogP contribution in [0.1, 0.15) is 13.3 Å². The third-order valence-corrected chi connectivity index (χ3v) is 3.08. The van der Waals surface area contributed by atoms with Crippen LogP contribution in [0.15, 0.2) is 0 Å². The Hall–Kier alpha value is -1.14. The Morgan fingerprint density at radius 1 is 1.44 bits per heavy atom. The molecule has 0 bridgehead atoms. The van der Waals surface area contributed by atoms with Crippen molar-refractivity contribution in [3.8, 4) is 0 Å². The first-order valence-electron chi connectivity index (χ1n) is 6.13. The summed E-state index contributed by atoms with van der Waals surface area (Å²) in [5.74, 6) is -0.121. The molecular weight excluding hydrogens is 236 g/mol. The fourth-order valence-corrected chi connectivity index (χ4v) is 2.28. The number of hydrogen-bond acceptors (Lipinski definition) is 5. The Balaban J connectivity index is 2.46. The highest BCUT2D eigenvalue weighted by molar-refractivity contribution is 5.83. The number of likely N-dealkylation sites (tertiary alicyclic amines) is 1. The van der Waals surface area contributed by atoms with E-state index in [1.807, 2.05) is 0 Å². The van der Waals surface area contributed by atoms with Crippen LogP contribution in [0, 0.1) is 5.92 Å². The number of amides is 1. The SMILES string of the molecule is COCC1CCN(CC(NC(C)=O)C(=O)OC)C1. The number of carbonyl (C=O) groups is 2. The second-order valence-electron chi connectivity index (χ2n) is 4.65. The van der Waals surface area contributed by atoms with Gasteiger partial charge >= 0.3 is 5.97 Å². The van der Waals surface area contributed by atoms with Crippen molar-refractivity contribution >= 4 is 11.9 Å². The van der Waals surface area contributed by atoms with Gasteiger partial charge in [-0.3, -0.25) is 4.79 Å². The molecule has 1 heterocycles. The van der Waals surface area contributed by atoms with Crippen LogP contribution in [0.5, 0.6) is 0 Å². The number of nitrogens with one attached hydrogen (secondary N) is 1. The van der Waals surface area contributed by atoms with Crippen molar-refractivity contribution in [3.05, 3.63) is 0 Å². The maximum atomic E-state index is 11.6. The zero-order chi connectivity index (χ0) is 13.5. The van der Waals surface area contributed by atoms with Crippen LogP contribution in [0.2, 0.25) is 0 Å². The zero-order valence-electron chi connectivity index (χ0n) is 11.3. The quantitative estimate of drug-likeness (QED) is 0.659. The van der Waals surface area contributed by atoms with Crippen molar-refractivity contribution in [2.24, 2.45) is 5.92 Å². The van der Waals surface area contributed by atoms with Crippen molar-refractivity contribution in [2.75, 3.05) is 40.5 Å². The first-order chi connectivity index (χ1) is 8.56. The summed E-state index contributed by atoms with van der Waals surface area (Å²) in [6, 6.07) is -0.589. The predicted octanol–water partition coefficient (Wildman–Crippen LogP) is -0.368. The lowest BCUT2D eigenvalue weighted by Gasteiger charge is -2.22. The van der Waals surface area contributed by atoms with E-state index in [1.54, 1.807) is 7.11 Å². The average Bonchev–Trinajstić information content (AvgIpc) is 2.75. The zero-order valence-corrected chi connectivity index (χ0v) is 11.3. The van der Waals surface area contributed by atoms with Crippen molar-refractivity contribution in [1.29, 1.82) is 0 Å². The van der Waals surface area contributed by atoms with Gasteiger partial charge in [0.25, 0.3) is 0 Å². The first-order valence-corrected chi connectivity index (χ1v) is 6.13. The molecule has 0 aromatic carbocycles. The Morgan fingerprint density at radius 3 is 2.72 bits per heavy atom. The summed E-state index contributed by atoms with van der Waals surface area (Å²) >= 11 is 0. The maximum absolute atomic E-state index is 11.6. The monoisotopic (exact) mass is 258 g/mol. The van der Waals surface area contributed by atoms with E-state index in [-0.39, 0.29) is 5.91 Å². The molecule has 1 rings (SSSR count). The number of carbonyl (C=O) groups excluding carboxylic acids is 2. The van der Waals surface area contributed by atoms with Crippen LogP contribution >= 0.6 is 0 Å². The van der Waals surface area contributed by atoms with Crippen LogP contribution < -0.4 is 5.32 Å². The highest BCUT2D eigenvalue weighted by Crippen LogP contribution is 2.16. The molecule has 1 N–H and O–H groups in total. The second kappa shape index (κ2) is 7.33. The molecule has 18 heavy (non-hydrogen) atoms. The number of methoxy groups -OCH3 is 2. The van der Waals surface area contributed by atoms with E-state index in [9.17, 15) is 9.59 Å². The third kappa shape index (κ3) is 4.62. The summed E-state index contributed by atoms with van der Waals surface area (Å²) in [6.07, 6.45) is 1.06. The van der Waals surface area contributed by atoms with Gasteiger partial charge in [0.15, 0.2) is 0 Å². The number of nitrogens with zero attached hydrogens (tertiary/aromatic N) is 1. The molecule has 1 fully saturated rings. The molecule has 0 saturated carbocycles. The van der Waals surface area contributed by atoms with E-state index in [2.05, 4.69) is 10.2 Å². The Labute approximate surface area is 108 Å². The second-order valence-corrected chi connectivity index (χ2v) is 4.65. The molecule has 1 aliphatic rings. The van der Waals surface area contributed by atoms with Crippen LogP contribution in [0.25, 0.3) is 0 Å². The minimum atomic E-state index is -0.589. The molecule has 2 unspecified atom stereocenters. The molecule has 1 amide bonds. The Morgan fingerprint density at radius 2 is 2.17 bits per heavy atom. The lowest BCUT2D eigenvalue weighted by Crippen LogP contribution is -2.48. The van der Waals surface area contributed by atoms with E-state index in [0.29, 0.717) is 12.5 Å². The van der Waals surface area contributed by atoms with Gasteiger partial charge in [-0.1, -0.05) is 0 Å². The van der Waals surface area contributed by atoms with Gasteiger partial charge in [0.1, 0.15) is 6.04 Å². The van der Waals surface area contributed by atoms with Gasteiger partial charge in [0, 0.05) is 27.1 Å². The molecule has 0 aliphatic carbocycles. The molecule has 104 valence electrons. The van der Waals surface area contributed by atoms with E-state index < -0.39 is 12.0 Å². The van der Waals surface area contributed by atoms with Crippen LogP contribution in [0.3, 0.4) is 0 Å². The van der Waals surface area contributed by atoms with Crippen molar-refractivity contribution in [2.45, 2.75) is 19.4 Å². The molecular formula is C12H22N2O4. The number of rotatable bonds is 6. The van der Waals surface area contributed by atoms with Gasteiger partial charge in [0.05, 0.1) is 13.7 Å². The molecule has 0 aromatic rings. The van der Waals surface area contributed by atoms with E-state index in [1.165, 1.54) is 14.0 Å². The molecule has 0 radical (unpaired) electrons. The van der Waals surface area contributed by atoms with Gasteiger partial charge in [-0.25, -0.2) is 4.79 Å². The molecule has 6 heteroatoms. The van der Waals surface area contributed by atoms with E-state index in [4.69, 9.17) is 9.47 Å². The predicted molar refractivity (Wildman–Crippen MR) is 66.0 cm³/mol. The summed E-state index contributed by atoms with van der Waals surface area (Å²) in [4.78, 5) is 24.8. The minimum absolute atomic E-state index is 0.224. The normalized spacial score (nSPS) is 21.6. The highest BCUT2D eigenvalue weighted by Gasteiger charge is 2.28. The fourth-order valence-electron chi connectivity index (χ4n) is 2.28. The lowest BCUT2D eigenvalue weighted by atomic mass is 10.1. The van der Waals surface area contributed by atoms with E-state index in [0.717, 1.165) is 26.1 Å². The van der Waals surface area contributed by atoms with Crippen molar-refractivity contribution in [3.63, 3.8) is 0 Å². The van der Waals surface area contributed by atoms with Crippen LogP contribution in [-0.4, -0.2) is 63.3 Å². The van der Waals surface area contributed by atoms with Gasteiger partial charge in [0.2, 0.25) is 5.91 Å². The van der Waals surface area contributed by atoms with Crippen LogP contribution in [-0.2, 0) is 19.1 Å². The molecule has 1 aliphatic heterocycles. The Kier molecular flexibility index (Phi) is 6.07. The van der Waals surface area contributed by atoms with Gasteiger partial charge in [-0.05, 0) is 18.9 Å². The molecule has 6 nitrogen and oxygen atoms in total. The van der Waals surface area contributed by atoms with Crippen molar-refractivity contribution < 1.29 is 19.1 Å². The van der Waals surface area contributed by atoms with Gasteiger partial charge < -0.3 is 19.7 Å². The molecule has 2 atom stereocenters. The summed E-state index contributed by atoms with van der Waals surface area (Å²) in [6.45, 7) is 4.43. The largest absolute Gasteiger partial charge is 0.467 e. The van der Waals surface area contributed by atoms with Crippen LogP contribution in [0.4, 0.5) is 0 Å². The first kappa shape index (κ1) is 14.9. The van der Waals surface area contributed by atoms with E-state index >= 15 is 0 Å². The maximum Gasteiger partial charge on any atom is 0.329 e. The average molecular weight is 258 g/mol.